The lowest BCUT2D eigenvalue weighted by molar-refractivity contribution is 0.484. The first-order valence-electron chi connectivity index (χ1n) is 7.81. The molecule has 0 spiro atoms. The third kappa shape index (κ3) is 3.26. The van der Waals surface area contributed by atoms with Crippen LogP contribution in [0.25, 0.3) is 0 Å². The second kappa shape index (κ2) is 6.35. The molecule has 0 aliphatic carbocycles. The van der Waals surface area contributed by atoms with Gasteiger partial charge in [-0.2, -0.15) is 10.2 Å². The molecule has 1 N–H and O–H groups in total. The molecule has 23 heavy (non-hydrogen) atoms. The molecule has 7 nitrogen and oxygen atoms in total. The first-order chi connectivity index (χ1) is 10.7. The summed E-state index contributed by atoms with van der Waals surface area (Å²) >= 11 is 0. The molecule has 0 unspecified atom stereocenters. The van der Waals surface area contributed by atoms with E-state index in [-0.39, 0.29) is 17.0 Å². The number of aromatic nitrogens is 4. The summed E-state index contributed by atoms with van der Waals surface area (Å²) in [6.45, 7) is 11.5. The summed E-state index contributed by atoms with van der Waals surface area (Å²) in [5.74, 6) is 0.468. The summed E-state index contributed by atoms with van der Waals surface area (Å²) < 4.78 is 31.7. The highest BCUT2D eigenvalue weighted by molar-refractivity contribution is 7.92. The van der Waals surface area contributed by atoms with Crippen molar-refractivity contribution in [1.82, 2.24) is 19.6 Å². The molecule has 2 aromatic rings. The molecule has 2 heterocycles. The maximum absolute atomic E-state index is 12.8. The summed E-state index contributed by atoms with van der Waals surface area (Å²) in [4.78, 5) is 0.239. The zero-order valence-corrected chi connectivity index (χ0v) is 15.3. The quantitative estimate of drug-likeness (QED) is 0.877. The number of nitrogens with zero attached hydrogens (tertiary/aromatic N) is 4. The van der Waals surface area contributed by atoms with Gasteiger partial charge in [0.2, 0.25) is 0 Å². The fourth-order valence-corrected chi connectivity index (χ4v) is 4.10. The SMILES string of the molecule is CC[C@@H](C)n1nccc1NS(=O)(=O)c1c(C)nn(C(C)C)c1C. The molecule has 0 bridgehead atoms. The van der Waals surface area contributed by atoms with Gasteiger partial charge in [-0.25, -0.2) is 13.1 Å². The van der Waals surface area contributed by atoms with Crippen LogP contribution in [0.5, 0.6) is 0 Å². The molecule has 0 saturated heterocycles. The Labute approximate surface area is 137 Å². The van der Waals surface area contributed by atoms with Crippen LogP contribution in [-0.4, -0.2) is 28.0 Å². The summed E-state index contributed by atoms with van der Waals surface area (Å²) in [7, 11) is -3.72. The predicted octanol–water partition coefficient (Wildman–Crippen LogP) is 3.05. The lowest BCUT2D eigenvalue weighted by Crippen LogP contribution is -2.19. The first-order valence-corrected chi connectivity index (χ1v) is 9.29. The largest absolute Gasteiger partial charge is 0.266 e. The monoisotopic (exact) mass is 339 g/mol. The van der Waals surface area contributed by atoms with E-state index in [1.54, 1.807) is 35.5 Å². The van der Waals surface area contributed by atoms with Gasteiger partial charge in [-0.3, -0.25) is 9.40 Å². The summed E-state index contributed by atoms with van der Waals surface area (Å²) in [6.07, 6.45) is 2.46. The van der Waals surface area contributed by atoms with Crippen LogP contribution in [0.1, 0.15) is 57.6 Å². The van der Waals surface area contributed by atoms with Crippen LogP contribution in [-0.2, 0) is 10.0 Å². The first kappa shape index (κ1) is 17.5. The number of hydrogen-bond acceptors (Lipinski definition) is 4. The molecule has 2 aromatic heterocycles. The Morgan fingerprint density at radius 3 is 2.39 bits per heavy atom. The summed E-state index contributed by atoms with van der Waals surface area (Å²) in [6, 6.07) is 1.88. The zero-order valence-electron chi connectivity index (χ0n) is 14.5. The zero-order chi connectivity index (χ0) is 17.4. The van der Waals surface area contributed by atoms with Gasteiger partial charge < -0.3 is 0 Å². The molecule has 0 amide bonds. The van der Waals surface area contributed by atoms with Crippen LogP contribution >= 0.6 is 0 Å². The third-order valence-corrected chi connectivity index (χ3v) is 5.54. The van der Waals surface area contributed by atoms with Gasteiger partial charge in [-0.15, -0.1) is 0 Å². The smallest absolute Gasteiger partial charge is 0.266 e. The number of rotatable bonds is 6. The summed E-state index contributed by atoms with van der Waals surface area (Å²) in [5.41, 5.74) is 1.14. The Morgan fingerprint density at radius 2 is 1.87 bits per heavy atom. The third-order valence-electron chi connectivity index (χ3n) is 3.93. The van der Waals surface area contributed by atoms with E-state index in [2.05, 4.69) is 14.9 Å². The molecule has 0 saturated carbocycles. The average molecular weight is 339 g/mol. The maximum Gasteiger partial charge on any atom is 0.266 e. The Balaban J connectivity index is 2.43. The number of sulfonamides is 1. The van der Waals surface area contributed by atoms with Crippen molar-refractivity contribution in [2.45, 2.75) is 64.9 Å². The van der Waals surface area contributed by atoms with E-state index < -0.39 is 10.0 Å². The molecular weight excluding hydrogens is 314 g/mol. The minimum Gasteiger partial charge on any atom is -0.266 e. The average Bonchev–Trinajstić information content (AvgIpc) is 3.02. The topological polar surface area (TPSA) is 81.8 Å². The molecule has 0 radical (unpaired) electrons. The lowest BCUT2D eigenvalue weighted by atomic mass is 10.3. The van der Waals surface area contributed by atoms with E-state index in [0.717, 1.165) is 6.42 Å². The molecule has 0 aliphatic heterocycles. The van der Waals surface area contributed by atoms with Crippen LogP contribution in [0, 0.1) is 13.8 Å². The van der Waals surface area contributed by atoms with E-state index in [9.17, 15) is 8.42 Å². The number of anilines is 1. The highest BCUT2D eigenvalue weighted by atomic mass is 32.2. The van der Waals surface area contributed by atoms with Crippen molar-refractivity contribution in [3.63, 3.8) is 0 Å². The van der Waals surface area contributed by atoms with E-state index in [0.29, 0.717) is 17.2 Å². The van der Waals surface area contributed by atoms with Gasteiger partial charge in [0, 0.05) is 12.1 Å². The van der Waals surface area contributed by atoms with Crippen LogP contribution in [0.2, 0.25) is 0 Å². The molecule has 2 rings (SSSR count). The van der Waals surface area contributed by atoms with Crippen molar-refractivity contribution in [3.8, 4) is 0 Å². The van der Waals surface area contributed by atoms with Crippen molar-refractivity contribution in [2.24, 2.45) is 0 Å². The second-order valence-corrected chi connectivity index (χ2v) is 7.68. The molecule has 0 fully saturated rings. The Kier molecular flexibility index (Phi) is 4.84. The van der Waals surface area contributed by atoms with Gasteiger partial charge in [-0.05, 0) is 41.0 Å². The highest BCUT2D eigenvalue weighted by Crippen LogP contribution is 2.25. The van der Waals surface area contributed by atoms with Crippen molar-refractivity contribution in [2.75, 3.05) is 4.72 Å². The van der Waals surface area contributed by atoms with Crippen LogP contribution in [0.3, 0.4) is 0 Å². The van der Waals surface area contributed by atoms with Crippen molar-refractivity contribution in [1.29, 1.82) is 0 Å². The van der Waals surface area contributed by atoms with E-state index in [1.807, 2.05) is 27.7 Å². The van der Waals surface area contributed by atoms with Gasteiger partial charge >= 0.3 is 0 Å². The second-order valence-electron chi connectivity index (χ2n) is 6.06. The van der Waals surface area contributed by atoms with E-state index >= 15 is 0 Å². The van der Waals surface area contributed by atoms with Gasteiger partial charge in [0.1, 0.15) is 10.7 Å². The fourth-order valence-electron chi connectivity index (χ4n) is 2.65. The number of nitrogens with one attached hydrogen (secondary N) is 1. The van der Waals surface area contributed by atoms with Crippen LogP contribution < -0.4 is 4.72 Å². The minimum absolute atomic E-state index is 0.100. The molecule has 8 heteroatoms. The number of aryl methyl sites for hydroxylation is 1. The van der Waals surface area contributed by atoms with Gasteiger partial charge in [-0.1, -0.05) is 6.92 Å². The normalized spacial score (nSPS) is 13.5. The number of hydrogen-bond donors (Lipinski definition) is 1. The van der Waals surface area contributed by atoms with E-state index in [1.165, 1.54) is 0 Å². The van der Waals surface area contributed by atoms with Crippen LogP contribution in [0.15, 0.2) is 17.2 Å². The van der Waals surface area contributed by atoms with Gasteiger partial charge in [0.05, 0.1) is 23.6 Å². The molecule has 128 valence electrons. The summed E-state index contributed by atoms with van der Waals surface area (Å²) in [5, 5.41) is 8.57. The highest BCUT2D eigenvalue weighted by Gasteiger charge is 2.26. The Bertz CT molecular complexity index is 789. The van der Waals surface area contributed by atoms with Gasteiger partial charge in [0.25, 0.3) is 10.0 Å². The predicted molar refractivity (Wildman–Crippen MR) is 90.1 cm³/mol. The minimum atomic E-state index is -3.72. The Morgan fingerprint density at radius 1 is 1.22 bits per heavy atom. The molecule has 0 aliphatic rings. The Hall–Kier alpha value is -1.83. The lowest BCUT2D eigenvalue weighted by Gasteiger charge is -2.15. The fraction of sp³-hybridized carbons (Fsp3) is 0.600. The van der Waals surface area contributed by atoms with Crippen molar-refractivity contribution in [3.05, 3.63) is 23.7 Å². The molecule has 0 aromatic carbocycles. The van der Waals surface area contributed by atoms with Crippen molar-refractivity contribution >= 4 is 15.8 Å². The van der Waals surface area contributed by atoms with E-state index in [4.69, 9.17) is 0 Å². The standard InChI is InChI=1S/C15H25N5O2S/c1-7-11(4)20-14(8-9-16-20)18-23(21,22)15-12(5)17-19(10(2)3)13(15)6/h8-11,18H,7H2,1-6H3/t11-/m1/s1. The molecule has 1 atom stereocenters. The maximum atomic E-state index is 12.8. The molecular formula is C15H25N5O2S. The van der Waals surface area contributed by atoms with Crippen LogP contribution in [0.4, 0.5) is 5.82 Å². The van der Waals surface area contributed by atoms with Crippen molar-refractivity contribution < 1.29 is 8.42 Å². The van der Waals surface area contributed by atoms with Gasteiger partial charge in [0.15, 0.2) is 0 Å².